The molecule has 2 heterocycles. The maximum absolute atomic E-state index is 11.7. The molecule has 0 saturated carbocycles. The van der Waals surface area contributed by atoms with Crippen molar-refractivity contribution in [2.75, 3.05) is 52.6 Å². The minimum Gasteiger partial charge on any atom is -0.378 e. The van der Waals surface area contributed by atoms with Crippen LogP contribution in [0.3, 0.4) is 0 Å². The van der Waals surface area contributed by atoms with Crippen LogP contribution in [0.15, 0.2) is 19.9 Å². The Bertz CT molecular complexity index is 465. The van der Waals surface area contributed by atoms with Gasteiger partial charge in [0.2, 0.25) is 0 Å². The average molecular weight is 462 g/mol. The average Bonchev–Trinajstić information content (AvgIpc) is 2.53. The highest BCUT2D eigenvalue weighted by Gasteiger charge is 2.33. The fourth-order valence-corrected chi connectivity index (χ4v) is 3.00. The predicted molar refractivity (Wildman–Crippen MR) is 89.5 cm³/mol. The summed E-state index contributed by atoms with van der Waals surface area (Å²) in [5, 5.41) is 11.7. The zero-order valence-corrected chi connectivity index (χ0v) is 15.7. The Balaban J connectivity index is 2.48. The summed E-state index contributed by atoms with van der Waals surface area (Å²) in [5.41, 5.74) is -0.0503. The Hall–Kier alpha value is -0.350. The van der Waals surface area contributed by atoms with E-state index in [-0.39, 0.29) is 14.1 Å². The predicted octanol–water partition coefficient (Wildman–Crippen LogP) is 2.29. The maximum atomic E-state index is 11.7. The molecular weight excluding hydrogens is 445 g/mol. The molecule has 0 N–H and O–H groups in total. The fourth-order valence-electron chi connectivity index (χ4n) is 2.40. The van der Waals surface area contributed by atoms with Crippen LogP contribution in [0, 0.1) is 10.1 Å². The zero-order valence-electron chi connectivity index (χ0n) is 11.8. The van der Waals surface area contributed by atoms with Crippen LogP contribution in [-0.2, 0) is 9.47 Å². The lowest BCUT2D eigenvalue weighted by Gasteiger charge is -2.38. The quantitative estimate of drug-likeness (QED) is 0.364. The van der Waals surface area contributed by atoms with E-state index in [1.54, 1.807) is 0 Å². The smallest absolute Gasteiger partial charge is 0.325 e. The summed E-state index contributed by atoms with van der Waals surface area (Å²) in [6.45, 7) is 4.58. The molecule has 2 fully saturated rings. The molecule has 0 aromatic rings. The van der Waals surface area contributed by atoms with Crippen molar-refractivity contribution in [2.24, 2.45) is 0 Å². The van der Waals surface area contributed by atoms with E-state index in [1.165, 1.54) is 0 Å². The number of ether oxygens (including phenoxy) is 2. The summed E-state index contributed by atoms with van der Waals surface area (Å²) < 4.78 is 11.1. The molecule has 0 atom stereocenters. The van der Waals surface area contributed by atoms with Gasteiger partial charge in [0, 0.05) is 26.2 Å². The van der Waals surface area contributed by atoms with Crippen LogP contribution in [0.25, 0.3) is 0 Å². The Labute approximate surface area is 150 Å². The molecule has 2 saturated heterocycles. The first kappa shape index (κ1) is 18.0. The minimum atomic E-state index is -0.409. The highest BCUT2D eigenvalue weighted by Crippen LogP contribution is 2.33. The molecule has 0 aromatic carbocycles. The van der Waals surface area contributed by atoms with Crippen molar-refractivity contribution in [3.8, 4) is 0 Å². The lowest BCUT2D eigenvalue weighted by Crippen LogP contribution is -2.47. The van der Waals surface area contributed by atoms with Crippen molar-refractivity contribution < 1.29 is 14.4 Å². The number of nitrogens with zero attached hydrogens (tertiary/aromatic N) is 3. The first-order valence-corrected chi connectivity index (χ1v) is 8.74. The van der Waals surface area contributed by atoms with E-state index >= 15 is 0 Å². The van der Waals surface area contributed by atoms with E-state index in [0.29, 0.717) is 58.4 Å². The normalized spacial score (nSPS) is 20.5. The number of hydrogen-bond donors (Lipinski definition) is 0. The minimum absolute atomic E-state index is 0.0503. The van der Waals surface area contributed by atoms with Gasteiger partial charge in [0.1, 0.15) is 8.42 Å². The molecule has 0 radical (unpaired) electrons. The standard InChI is InChI=1S/C12H16Br2ClN3O4/c13-9(11(14)15)10(18(19)20)12(16-1-5-21-6-2-16)17-3-7-22-8-4-17/h1-8H2/b11-9-. The first-order chi connectivity index (χ1) is 10.5. The van der Waals surface area contributed by atoms with E-state index in [0.717, 1.165) is 0 Å². The lowest BCUT2D eigenvalue weighted by molar-refractivity contribution is -0.423. The van der Waals surface area contributed by atoms with Crippen molar-refractivity contribution >= 4 is 43.5 Å². The Morgan fingerprint density at radius 1 is 1.00 bits per heavy atom. The van der Waals surface area contributed by atoms with Crippen molar-refractivity contribution in [3.63, 3.8) is 0 Å². The second kappa shape index (κ2) is 8.49. The Morgan fingerprint density at radius 3 is 1.73 bits per heavy atom. The van der Waals surface area contributed by atoms with Crippen molar-refractivity contribution in [1.82, 2.24) is 9.80 Å². The number of halogens is 3. The second-order valence-corrected chi connectivity index (χ2v) is 7.12. The summed E-state index contributed by atoms with van der Waals surface area (Å²) in [6, 6.07) is 0. The van der Waals surface area contributed by atoms with Gasteiger partial charge in [0.25, 0.3) is 0 Å². The van der Waals surface area contributed by atoms with Crippen molar-refractivity contribution in [1.29, 1.82) is 0 Å². The van der Waals surface area contributed by atoms with Crippen LogP contribution in [0.2, 0.25) is 0 Å². The van der Waals surface area contributed by atoms with Gasteiger partial charge in [-0.15, -0.1) is 0 Å². The molecule has 0 spiro atoms. The molecule has 124 valence electrons. The van der Waals surface area contributed by atoms with Gasteiger partial charge in [0.05, 0.1) is 31.4 Å². The summed E-state index contributed by atoms with van der Waals surface area (Å²) >= 11 is 12.2. The number of allylic oxidation sites excluding steroid dienone is 1. The zero-order chi connectivity index (χ0) is 16.1. The van der Waals surface area contributed by atoms with Crippen molar-refractivity contribution in [3.05, 3.63) is 30.1 Å². The van der Waals surface area contributed by atoms with Gasteiger partial charge in [0.15, 0.2) is 5.82 Å². The molecule has 0 amide bonds. The summed E-state index contributed by atoms with van der Waals surface area (Å²) in [7, 11) is 0. The molecule has 2 rings (SSSR count). The summed E-state index contributed by atoms with van der Waals surface area (Å²) in [6.07, 6.45) is 0. The van der Waals surface area contributed by atoms with E-state index < -0.39 is 4.92 Å². The van der Waals surface area contributed by atoms with Gasteiger partial charge in [-0.05, 0) is 31.9 Å². The third-order valence-corrected chi connectivity index (χ3v) is 5.51. The number of rotatable bonds is 4. The van der Waals surface area contributed by atoms with Crippen LogP contribution >= 0.6 is 43.5 Å². The fraction of sp³-hybridized carbons (Fsp3) is 0.667. The van der Waals surface area contributed by atoms with Crippen LogP contribution < -0.4 is 0 Å². The molecule has 10 heteroatoms. The van der Waals surface area contributed by atoms with Gasteiger partial charge < -0.3 is 19.3 Å². The largest absolute Gasteiger partial charge is 0.378 e. The van der Waals surface area contributed by atoms with Gasteiger partial charge in [-0.25, -0.2) is 0 Å². The number of nitro groups is 1. The highest BCUT2D eigenvalue weighted by atomic mass is 79.9. The molecular formula is C12H16Br2ClN3O4. The SMILES string of the molecule is O=[N+]([O-])C(=C(N1CCOCC1)N1CCOCC1)/C(Br)=C(/Cl)Br. The molecule has 7 nitrogen and oxygen atoms in total. The molecule has 0 aromatic heterocycles. The van der Waals surface area contributed by atoms with Crippen LogP contribution in [0.5, 0.6) is 0 Å². The third-order valence-electron chi connectivity index (χ3n) is 3.39. The highest BCUT2D eigenvalue weighted by molar-refractivity contribution is 9.14. The van der Waals surface area contributed by atoms with E-state index in [9.17, 15) is 10.1 Å². The first-order valence-electron chi connectivity index (χ1n) is 6.77. The molecule has 2 aliphatic heterocycles. The number of morpholine rings is 2. The Morgan fingerprint density at radius 2 is 1.41 bits per heavy atom. The topological polar surface area (TPSA) is 68.1 Å². The van der Waals surface area contributed by atoms with Gasteiger partial charge >= 0.3 is 5.70 Å². The summed E-state index contributed by atoms with van der Waals surface area (Å²) in [5.74, 6) is 0.557. The van der Waals surface area contributed by atoms with Crippen LogP contribution in [0.1, 0.15) is 0 Å². The maximum Gasteiger partial charge on any atom is 0.325 e. The van der Waals surface area contributed by atoms with Gasteiger partial charge in [-0.2, -0.15) is 0 Å². The molecule has 2 aliphatic rings. The van der Waals surface area contributed by atoms with Gasteiger partial charge in [-0.1, -0.05) is 11.6 Å². The van der Waals surface area contributed by atoms with E-state index in [1.807, 2.05) is 9.80 Å². The van der Waals surface area contributed by atoms with E-state index in [2.05, 4.69) is 31.9 Å². The van der Waals surface area contributed by atoms with Crippen LogP contribution in [0.4, 0.5) is 0 Å². The van der Waals surface area contributed by atoms with Crippen LogP contribution in [-0.4, -0.2) is 67.3 Å². The van der Waals surface area contributed by atoms with Crippen molar-refractivity contribution in [2.45, 2.75) is 0 Å². The van der Waals surface area contributed by atoms with E-state index in [4.69, 9.17) is 21.1 Å². The second-order valence-electron chi connectivity index (χ2n) is 4.70. The summed E-state index contributed by atoms with van der Waals surface area (Å²) in [4.78, 5) is 15.2. The Kier molecular flexibility index (Phi) is 6.94. The lowest BCUT2D eigenvalue weighted by atomic mass is 10.3. The number of hydrogen-bond acceptors (Lipinski definition) is 6. The molecule has 0 unspecified atom stereocenters. The molecule has 0 aliphatic carbocycles. The monoisotopic (exact) mass is 459 g/mol. The molecule has 0 bridgehead atoms. The molecule has 22 heavy (non-hydrogen) atoms. The van der Waals surface area contributed by atoms with Gasteiger partial charge in [-0.3, -0.25) is 10.1 Å². The third kappa shape index (κ3) is 4.35.